The zero-order valence-corrected chi connectivity index (χ0v) is 9.15. The molecule has 4 N–H and O–H groups in total. The van der Waals surface area contributed by atoms with Crippen LogP contribution in [0.1, 0.15) is 0 Å². The standard InChI is InChI=1S/C9H12BClFNO3/c11-4-7(14)5-13-9-2-1-6(12)3-8(9)10(15)16/h1-3,7,13-16H,4-5H2. The highest BCUT2D eigenvalue weighted by atomic mass is 35.5. The van der Waals surface area contributed by atoms with E-state index < -0.39 is 19.0 Å². The van der Waals surface area contributed by atoms with E-state index in [0.29, 0.717) is 5.69 Å². The predicted octanol–water partition coefficient (Wildman–Crippen LogP) is -0.483. The van der Waals surface area contributed by atoms with Crippen molar-refractivity contribution in [2.24, 2.45) is 0 Å². The van der Waals surface area contributed by atoms with E-state index >= 15 is 0 Å². The monoisotopic (exact) mass is 247 g/mol. The number of benzene rings is 1. The number of rotatable bonds is 5. The number of halogens is 2. The second kappa shape index (κ2) is 6.05. The fourth-order valence-corrected chi connectivity index (χ4v) is 1.30. The molecule has 0 saturated carbocycles. The molecule has 0 aliphatic rings. The molecule has 1 rings (SSSR count). The van der Waals surface area contributed by atoms with Crippen LogP contribution in [0.15, 0.2) is 18.2 Å². The van der Waals surface area contributed by atoms with Crippen molar-refractivity contribution in [1.29, 1.82) is 0 Å². The summed E-state index contributed by atoms with van der Waals surface area (Å²) in [6.07, 6.45) is -0.754. The maximum Gasteiger partial charge on any atom is 0.490 e. The molecule has 0 aliphatic heterocycles. The summed E-state index contributed by atoms with van der Waals surface area (Å²) >= 11 is 5.40. The average molecular weight is 247 g/mol. The number of aliphatic hydroxyl groups is 1. The molecule has 0 radical (unpaired) electrons. The molecule has 0 fully saturated rings. The van der Waals surface area contributed by atoms with Crippen LogP contribution in [0.25, 0.3) is 0 Å². The second-order valence-corrected chi connectivity index (χ2v) is 3.60. The first-order chi connectivity index (χ1) is 7.54. The van der Waals surface area contributed by atoms with Gasteiger partial charge in [0.25, 0.3) is 0 Å². The second-order valence-electron chi connectivity index (χ2n) is 3.29. The molecular formula is C9H12BClFNO3. The number of hydrogen-bond acceptors (Lipinski definition) is 4. The number of anilines is 1. The summed E-state index contributed by atoms with van der Waals surface area (Å²) in [5.74, 6) is -0.503. The molecule has 1 unspecified atom stereocenters. The van der Waals surface area contributed by atoms with Crippen molar-refractivity contribution in [3.8, 4) is 0 Å². The molecule has 88 valence electrons. The summed E-state index contributed by atoms with van der Waals surface area (Å²) in [7, 11) is -1.77. The average Bonchev–Trinajstić information content (AvgIpc) is 2.26. The Bertz CT molecular complexity index is 354. The Morgan fingerprint density at radius 1 is 1.44 bits per heavy atom. The zero-order chi connectivity index (χ0) is 12.1. The van der Waals surface area contributed by atoms with Crippen molar-refractivity contribution in [3.63, 3.8) is 0 Å². The molecule has 0 spiro atoms. The fraction of sp³-hybridized carbons (Fsp3) is 0.333. The van der Waals surface area contributed by atoms with Gasteiger partial charge in [-0.05, 0) is 18.2 Å². The predicted molar refractivity (Wildman–Crippen MR) is 61.4 cm³/mol. The third-order valence-electron chi connectivity index (χ3n) is 2.00. The van der Waals surface area contributed by atoms with E-state index in [2.05, 4.69) is 5.32 Å². The minimum atomic E-state index is -1.77. The normalized spacial score (nSPS) is 12.3. The first-order valence-electron chi connectivity index (χ1n) is 4.68. The van der Waals surface area contributed by atoms with Crippen molar-refractivity contribution in [1.82, 2.24) is 0 Å². The summed E-state index contributed by atoms with van der Waals surface area (Å²) in [6, 6.07) is 3.56. The molecule has 4 nitrogen and oxygen atoms in total. The summed E-state index contributed by atoms with van der Waals surface area (Å²) < 4.78 is 12.9. The molecule has 0 amide bonds. The van der Waals surface area contributed by atoms with Crippen molar-refractivity contribution in [2.45, 2.75) is 6.10 Å². The zero-order valence-electron chi connectivity index (χ0n) is 8.40. The number of nitrogens with one attached hydrogen (secondary N) is 1. The number of alkyl halides is 1. The van der Waals surface area contributed by atoms with Crippen molar-refractivity contribution in [3.05, 3.63) is 24.0 Å². The van der Waals surface area contributed by atoms with Crippen LogP contribution >= 0.6 is 11.6 Å². The number of aliphatic hydroxyl groups excluding tert-OH is 1. The minimum Gasteiger partial charge on any atom is -0.423 e. The Hall–Kier alpha value is -0.815. The van der Waals surface area contributed by atoms with E-state index in [1.807, 2.05) is 0 Å². The van der Waals surface area contributed by atoms with Gasteiger partial charge in [0.05, 0.1) is 12.0 Å². The fourth-order valence-electron chi connectivity index (χ4n) is 1.19. The van der Waals surface area contributed by atoms with Gasteiger partial charge in [-0.2, -0.15) is 0 Å². The van der Waals surface area contributed by atoms with Crippen LogP contribution < -0.4 is 10.8 Å². The van der Waals surface area contributed by atoms with Crippen LogP contribution in [0.4, 0.5) is 10.1 Å². The van der Waals surface area contributed by atoms with Crippen LogP contribution in [0.3, 0.4) is 0 Å². The van der Waals surface area contributed by atoms with Crippen molar-refractivity contribution >= 4 is 29.9 Å². The Balaban J connectivity index is 2.78. The molecule has 1 atom stereocenters. The molecule has 0 saturated heterocycles. The van der Waals surface area contributed by atoms with Crippen LogP contribution in [0.5, 0.6) is 0 Å². The van der Waals surface area contributed by atoms with E-state index in [1.54, 1.807) is 0 Å². The lowest BCUT2D eigenvalue weighted by Gasteiger charge is -2.13. The maximum atomic E-state index is 12.9. The molecule has 0 heterocycles. The van der Waals surface area contributed by atoms with E-state index in [0.717, 1.165) is 6.07 Å². The van der Waals surface area contributed by atoms with E-state index in [-0.39, 0.29) is 17.9 Å². The van der Waals surface area contributed by atoms with Gasteiger partial charge in [0.2, 0.25) is 0 Å². The lowest BCUT2D eigenvalue weighted by molar-refractivity contribution is 0.211. The van der Waals surface area contributed by atoms with Crippen LogP contribution in [0.2, 0.25) is 0 Å². The van der Waals surface area contributed by atoms with Crippen molar-refractivity contribution in [2.75, 3.05) is 17.7 Å². The van der Waals surface area contributed by atoms with Gasteiger partial charge in [0.15, 0.2) is 0 Å². The largest absolute Gasteiger partial charge is 0.490 e. The van der Waals surface area contributed by atoms with E-state index in [9.17, 15) is 9.50 Å². The first-order valence-corrected chi connectivity index (χ1v) is 5.21. The van der Waals surface area contributed by atoms with Gasteiger partial charge in [-0.3, -0.25) is 0 Å². The summed E-state index contributed by atoms with van der Waals surface area (Å²) in [5.41, 5.74) is 0.363. The summed E-state index contributed by atoms with van der Waals surface area (Å²) in [4.78, 5) is 0. The SMILES string of the molecule is OB(O)c1cc(F)ccc1NCC(O)CCl. The minimum absolute atomic E-state index is 0.0155. The quantitative estimate of drug-likeness (QED) is 0.419. The highest BCUT2D eigenvalue weighted by Gasteiger charge is 2.17. The molecule has 0 bridgehead atoms. The van der Waals surface area contributed by atoms with Gasteiger partial charge in [0, 0.05) is 17.7 Å². The Labute approximate surface area is 97.8 Å². The van der Waals surface area contributed by atoms with Crippen LogP contribution in [0, 0.1) is 5.82 Å². The van der Waals surface area contributed by atoms with Gasteiger partial charge in [0.1, 0.15) is 5.82 Å². The Morgan fingerprint density at radius 2 is 2.12 bits per heavy atom. The van der Waals surface area contributed by atoms with E-state index in [4.69, 9.17) is 21.6 Å². The highest BCUT2D eigenvalue weighted by Crippen LogP contribution is 2.07. The lowest BCUT2D eigenvalue weighted by atomic mass is 9.79. The molecule has 0 aliphatic carbocycles. The topological polar surface area (TPSA) is 72.7 Å². The summed E-state index contributed by atoms with van der Waals surface area (Å²) in [6.45, 7) is 0.148. The molecule has 16 heavy (non-hydrogen) atoms. The van der Waals surface area contributed by atoms with Gasteiger partial charge in [-0.15, -0.1) is 11.6 Å². The van der Waals surface area contributed by atoms with Gasteiger partial charge < -0.3 is 20.5 Å². The molecule has 1 aromatic carbocycles. The lowest BCUT2D eigenvalue weighted by Crippen LogP contribution is -2.34. The smallest absolute Gasteiger partial charge is 0.423 e. The Morgan fingerprint density at radius 3 is 2.69 bits per heavy atom. The molecule has 1 aromatic rings. The van der Waals surface area contributed by atoms with Gasteiger partial charge >= 0.3 is 7.12 Å². The third kappa shape index (κ3) is 3.64. The number of hydrogen-bond donors (Lipinski definition) is 4. The first kappa shape index (κ1) is 13.3. The maximum absolute atomic E-state index is 12.9. The molecule has 0 aromatic heterocycles. The van der Waals surface area contributed by atoms with Crippen LogP contribution in [-0.2, 0) is 0 Å². The van der Waals surface area contributed by atoms with Crippen molar-refractivity contribution < 1.29 is 19.5 Å². The van der Waals surface area contributed by atoms with E-state index in [1.165, 1.54) is 12.1 Å². The van der Waals surface area contributed by atoms with Gasteiger partial charge in [-0.25, -0.2) is 4.39 Å². The third-order valence-corrected chi connectivity index (χ3v) is 2.35. The highest BCUT2D eigenvalue weighted by molar-refractivity contribution is 6.60. The molecular weight excluding hydrogens is 235 g/mol. The van der Waals surface area contributed by atoms with Crippen LogP contribution in [-0.4, -0.2) is 40.8 Å². The van der Waals surface area contributed by atoms with Gasteiger partial charge in [-0.1, -0.05) is 0 Å². The Kier molecular flexibility index (Phi) is 5.01. The summed E-state index contributed by atoms with van der Waals surface area (Å²) in [5, 5.41) is 30.0. The molecule has 7 heteroatoms.